The number of nitrogens with one attached hydrogen (secondary N) is 1. The minimum absolute atomic E-state index is 0.174. The molecule has 0 aliphatic carbocycles. The highest BCUT2D eigenvalue weighted by atomic mass is 16.5. The molecular weight excluding hydrogens is 314 g/mol. The first-order valence-corrected chi connectivity index (χ1v) is 8.90. The maximum Gasteiger partial charge on any atom is 0.257 e. The SMILES string of the molecule is CCOc1ccccc1NC(=O)c1cncc(N2CCCC(C)C2)c1. The number of hydrogen-bond donors (Lipinski definition) is 1. The summed E-state index contributed by atoms with van der Waals surface area (Å²) in [6.07, 6.45) is 5.89. The number of aromatic nitrogens is 1. The Morgan fingerprint density at radius 3 is 3.00 bits per heavy atom. The molecule has 0 bridgehead atoms. The number of carbonyl (C=O) groups excluding carboxylic acids is 1. The number of hydrogen-bond acceptors (Lipinski definition) is 4. The molecule has 2 aromatic rings. The molecule has 1 saturated heterocycles. The van der Waals surface area contributed by atoms with Gasteiger partial charge in [0.1, 0.15) is 5.75 Å². The topological polar surface area (TPSA) is 54.5 Å². The fraction of sp³-hybridized carbons (Fsp3) is 0.400. The molecule has 1 fully saturated rings. The Bertz CT molecular complexity index is 732. The fourth-order valence-corrected chi connectivity index (χ4v) is 3.19. The number of ether oxygens (including phenoxy) is 1. The van der Waals surface area contributed by atoms with Crippen LogP contribution >= 0.6 is 0 Å². The van der Waals surface area contributed by atoms with E-state index in [1.165, 1.54) is 12.8 Å². The van der Waals surface area contributed by atoms with Crippen molar-refractivity contribution in [2.45, 2.75) is 26.7 Å². The summed E-state index contributed by atoms with van der Waals surface area (Å²) in [5.74, 6) is 1.17. The number of carbonyl (C=O) groups is 1. The summed E-state index contributed by atoms with van der Waals surface area (Å²) in [6, 6.07) is 9.38. The van der Waals surface area contributed by atoms with E-state index in [0.29, 0.717) is 29.5 Å². The number of amides is 1. The zero-order chi connectivity index (χ0) is 17.6. The second kappa shape index (κ2) is 8.01. The van der Waals surface area contributed by atoms with Crippen molar-refractivity contribution < 1.29 is 9.53 Å². The molecule has 1 unspecified atom stereocenters. The molecule has 3 rings (SSSR count). The van der Waals surface area contributed by atoms with E-state index in [1.54, 1.807) is 6.20 Å². The van der Waals surface area contributed by atoms with Gasteiger partial charge in [-0.1, -0.05) is 19.1 Å². The first kappa shape index (κ1) is 17.3. The van der Waals surface area contributed by atoms with Gasteiger partial charge >= 0.3 is 0 Å². The highest BCUT2D eigenvalue weighted by molar-refractivity contribution is 6.05. The number of pyridine rings is 1. The average molecular weight is 339 g/mol. The molecule has 0 spiro atoms. The van der Waals surface area contributed by atoms with Crippen molar-refractivity contribution in [3.63, 3.8) is 0 Å². The fourth-order valence-electron chi connectivity index (χ4n) is 3.19. The normalized spacial score (nSPS) is 17.2. The van der Waals surface area contributed by atoms with Crippen LogP contribution in [0.3, 0.4) is 0 Å². The third-order valence-corrected chi connectivity index (χ3v) is 4.44. The summed E-state index contributed by atoms with van der Waals surface area (Å²) in [6.45, 7) is 6.77. The van der Waals surface area contributed by atoms with Gasteiger partial charge in [0.2, 0.25) is 0 Å². The Morgan fingerprint density at radius 2 is 2.20 bits per heavy atom. The van der Waals surface area contributed by atoms with E-state index >= 15 is 0 Å². The van der Waals surface area contributed by atoms with Crippen LogP contribution in [0.25, 0.3) is 0 Å². The maximum absolute atomic E-state index is 12.6. The van der Waals surface area contributed by atoms with E-state index in [-0.39, 0.29) is 5.91 Å². The van der Waals surface area contributed by atoms with Crippen molar-refractivity contribution in [2.75, 3.05) is 29.9 Å². The second-order valence-corrected chi connectivity index (χ2v) is 6.51. The van der Waals surface area contributed by atoms with Crippen LogP contribution in [0, 0.1) is 5.92 Å². The van der Waals surface area contributed by atoms with Crippen molar-refractivity contribution in [2.24, 2.45) is 5.92 Å². The summed E-state index contributed by atoms with van der Waals surface area (Å²) in [5.41, 5.74) is 2.24. The molecule has 1 atom stereocenters. The number of para-hydroxylation sites is 2. The standard InChI is InChI=1S/C20H25N3O2/c1-3-25-19-9-5-4-8-18(19)22-20(24)16-11-17(13-21-12-16)23-10-6-7-15(2)14-23/h4-5,8-9,11-13,15H,3,6-7,10,14H2,1-2H3,(H,22,24). The largest absolute Gasteiger partial charge is 0.492 e. The summed E-state index contributed by atoms with van der Waals surface area (Å²) in [5, 5.41) is 2.93. The van der Waals surface area contributed by atoms with Crippen molar-refractivity contribution in [1.82, 2.24) is 4.98 Å². The van der Waals surface area contributed by atoms with Crippen LogP contribution in [0.5, 0.6) is 5.75 Å². The highest BCUT2D eigenvalue weighted by Gasteiger charge is 2.18. The van der Waals surface area contributed by atoms with Crippen molar-refractivity contribution in [1.29, 1.82) is 0 Å². The van der Waals surface area contributed by atoms with Gasteiger partial charge in [0.05, 0.1) is 29.7 Å². The number of benzene rings is 1. The highest BCUT2D eigenvalue weighted by Crippen LogP contribution is 2.26. The lowest BCUT2D eigenvalue weighted by Gasteiger charge is -2.32. The molecule has 1 aromatic carbocycles. The molecule has 1 amide bonds. The Morgan fingerprint density at radius 1 is 1.36 bits per heavy atom. The molecule has 132 valence electrons. The Balaban J connectivity index is 1.76. The molecule has 1 aliphatic rings. The number of anilines is 2. The molecule has 5 nitrogen and oxygen atoms in total. The van der Waals surface area contributed by atoms with Crippen LogP contribution in [-0.2, 0) is 0 Å². The van der Waals surface area contributed by atoms with Gasteiger partial charge in [0.25, 0.3) is 5.91 Å². The molecule has 5 heteroatoms. The quantitative estimate of drug-likeness (QED) is 0.895. The number of rotatable bonds is 5. The second-order valence-electron chi connectivity index (χ2n) is 6.51. The molecule has 2 heterocycles. The van der Waals surface area contributed by atoms with E-state index in [9.17, 15) is 4.79 Å². The lowest BCUT2D eigenvalue weighted by atomic mass is 10.00. The smallest absolute Gasteiger partial charge is 0.257 e. The van der Waals surface area contributed by atoms with Crippen LogP contribution in [0.4, 0.5) is 11.4 Å². The minimum Gasteiger partial charge on any atom is -0.492 e. The first-order valence-electron chi connectivity index (χ1n) is 8.90. The molecule has 1 aromatic heterocycles. The van der Waals surface area contributed by atoms with E-state index in [2.05, 4.69) is 22.1 Å². The van der Waals surface area contributed by atoms with Gasteiger partial charge in [-0.15, -0.1) is 0 Å². The van der Waals surface area contributed by atoms with Gasteiger partial charge < -0.3 is 15.0 Å². The van der Waals surface area contributed by atoms with Crippen LogP contribution in [-0.4, -0.2) is 30.6 Å². The average Bonchev–Trinajstić information content (AvgIpc) is 2.64. The van der Waals surface area contributed by atoms with Gasteiger partial charge in [-0.05, 0) is 43.9 Å². The van der Waals surface area contributed by atoms with Gasteiger partial charge in [-0.2, -0.15) is 0 Å². The molecule has 1 N–H and O–H groups in total. The zero-order valence-corrected chi connectivity index (χ0v) is 14.9. The van der Waals surface area contributed by atoms with E-state index in [1.807, 2.05) is 43.5 Å². The van der Waals surface area contributed by atoms with Gasteiger partial charge in [0.15, 0.2) is 0 Å². The van der Waals surface area contributed by atoms with Crippen LogP contribution < -0.4 is 15.0 Å². The third-order valence-electron chi connectivity index (χ3n) is 4.44. The van der Waals surface area contributed by atoms with Gasteiger partial charge in [-0.3, -0.25) is 9.78 Å². The molecule has 25 heavy (non-hydrogen) atoms. The van der Waals surface area contributed by atoms with Crippen LogP contribution in [0.15, 0.2) is 42.7 Å². The lowest BCUT2D eigenvalue weighted by molar-refractivity contribution is 0.102. The lowest BCUT2D eigenvalue weighted by Crippen LogP contribution is -2.34. The van der Waals surface area contributed by atoms with E-state index < -0.39 is 0 Å². The molecule has 1 aliphatic heterocycles. The number of piperidine rings is 1. The van der Waals surface area contributed by atoms with Gasteiger partial charge in [0, 0.05) is 19.3 Å². The summed E-state index contributed by atoms with van der Waals surface area (Å²) < 4.78 is 5.57. The Labute approximate surface area is 149 Å². The van der Waals surface area contributed by atoms with Gasteiger partial charge in [-0.25, -0.2) is 0 Å². The molecule has 0 radical (unpaired) electrons. The summed E-state index contributed by atoms with van der Waals surface area (Å²) >= 11 is 0. The third kappa shape index (κ3) is 4.29. The summed E-state index contributed by atoms with van der Waals surface area (Å²) in [7, 11) is 0. The monoisotopic (exact) mass is 339 g/mol. The number of nitrogens with zero attached hydrogens (tertiary/aromatic N) is 2. The Hall–Kier alpha value is -2.56. The first-order chi connectivity index (χ1) is 12.2. The zero-order valence-electron chi connectivity index (χ0n) is 14.9. The van der Waals surface area contributed by atoms with Crippen LogP contribution in [0.1, 0.15) is 37.0 Å². The van der Waals surface area contributed by atoms with Crippen molar-refractivity contribution in [3.8, 4) is 5.75 Å². The Kier molecular flexibility index (Phi) is 5.53. The predicted octanol–water partition coefficient (Wildman–Crippen LogP) is 3.97. The maximum atomic E-state index is 12.6. The van der Waals surface area contributed by atoms with E-state index in [4.69, 9.17) is 4.74 Å². The van der Waals surface area contributed by atoms with Crippen LogP contribution in [0.2, 0.25) is 0 Å². The molecular formula is C20H25N3O2. The minimum atomic E-state index is -0.174. The van der Waals surface area contributed by atoms with E-state index in [0.717, 1.165) is 18.8 Å². The molecule has 0 saturated carbocycles. The van der Waals surface area contributed by atoms with Crippen molar-refractivity contribution >= 4 is 17.3 Å². The summed E-state index contributed by atoms with van der Waals surface area (Å²) in [4.78, 5) is 19.2. The van der Waals surface area contributed by atoms with Crippen molar-refractivity contribution in [3.05, 3.63) is 48.3 Å². The predicted molar refractivity (Wildman–Crippen MR) is 100 cm³/mol.